The molecule has 0 spiro atoms. The number of nitrogens with one attached hydrogen (secondary N) is 1. The van der Waals surface area contributed by atoms with Gasteiger partial charge in [-0.15, -0.1) is 0 Å². The van der Waals surface area contributed by atoms with Gasteiger partial charge >= 0.3 is 0 Å². The summed E-state index contributed by atoms with van der Waals surface area (Å²) in [5.74, 6) is -0.399. The minimum Gasteiger partial charge on any atom is -0.383 e. The van der Waals surface area contributed by atoms with E-state index in [0.717, 1.165) is 18.9 Å². The first kappa shape index (κ1) is 18.2. The van der Waals surface area contributed by atoms with Gasteiger partial charge in [0.05, 0.1) is 17.7 Å². The number of amides is 1. The fraction of sp³-hybridized carbons (Fsp3) is 0.462. The SMILES string of the molecule is CCCC(COC)NC(=O)c1ccc(Cl)c(S(=O)(=O)Cl)c1. The molecule has 1 aromatic rings. The number of carbonyl (C=O) groups is 1. The zero-order chi connectivity index (χ0) is 16.0. The van der Waals surface area contributed by atoms with Gasteiger partial charge in [0.2, 0.25) is 0 Å². The maximum atomic E-state index is 12.1. The van der Waals surface area contributed by atoms with Gasteiger partial charge < -0.3 is 10.1 Å². The summed E-state index contributed by atoms with van der Waals surface area (Å²) < 4.78 is 27.8. The van der Waals surface area contributed by atoms with E-state index in [-0.39, 0.29) is 21.5 Å². The molecule has 0 bridgehead atoms. The Kier molecular flexibility index (Phi) is 6.93. The van der Waals surface area contributed by atoms with Crippen molar-refractivity contribution in [2.75, 3.05) is 13.7 Å². The molecule has 1 amide bonds. The zero-order valence-corrected chi connectivity index (χ0v) is 14.1. The molecule has 0 aliphatic carbocycles. The lowest BCUT2D eigenvalue weighted by atomic mass is 10.1. The Morgan fingerprint density at radius 1 is 1.43 bits per heavy atom. The highest BCUT2D eigenvalue weighted by Crippen LogP contribution is 2.25. The van der Waals surface area contributed by atoms with Crippen LogP contribution in [-0.2, 0) is 13.8 Å². The second-order valence-corrected chi connectivity index (χ2v) is 7.44. The largest absolute Gasteiger partial charge is 0.383 e. The van der Waals surface area contributed by atoms with Crippen LogP contribution in [-0.4, -0.2) is 34.1 Å². The van der Waals surface area contributed by atoms with E-state index in [4.69, 9.17) is 27.0 Å². The summed E-state index contributed by atoms with van der Waals surface area (Å²) in [6.45, 7) is 2.38. The lowest BCUT2D eigenvalue weighted by Gasteiger charge is -2.17. The monoisotopic (exact) mass is 353 g/mol. The quantitative estimate of drug-likeness (QED) is 0.765. The summed E-state index contributed by atoms with van der Waals surface area (Å²) >= 11 is 5.78. The van der Waals surface area contributed by atoms with Gasteiger partial charge in [0.25, 0.3) is 15.0 Å². The highest BCUT2D eigenvalue weighted by Gasteiger charge is 2.19. The van der Waals surface area contributed by atoms with E-state index in [9.17, 15) is 13.2 Å². The molecule has 8 heteroatoms. The summed E-state index contributed by atoms with van der Waals surface area (Å²) in [5.41, 5.74) is 0.177. The van der Waals surface area contributed by atoms with Gasteiger partial charge in [-0.2, -0.15) is 0 Å². The highest BCUT2D eigenvalue weighted by atomic mass is 35.7. The van der Waals surface area contributed by atoms with Crippen LogP contribution in [0.15, 0.2) is 23.1 Å². The number of rotatable bonds is 7. The standard InChI is InChI=1S/C13H17Cl2NO4S/c1-3-4-10(8-20-2)16-13(17)9-5-6-11(14)12(7-9)21(15,18)19/h5-7,10H,3-4,8H2,1-2H3,(H,16,17). The lowest BCUT2D eigenvalue weighted by Crippen LogP contribution is -2.38. The van der Waals surface area contributed by atoms with Crippen LogP contribution in [0.4, 0.5) is 0 Å². The molecule has 0 aliphatic rings. The Labute approximate surface area is 134 Å². The predicted molar refractivity (Wildman–Crippen MR) is 82.5 cm³/mol. The average Bonchev–Trinajstić information content (AvgIpc) is 2.38. The minimum absolute atomic E-state index is 0.0245. The van der Waals surface area contributed by atoms with Crippen molar-refractivity contribution in [3.05, 3.63) is 28.8 Å². The number of methoxy groups -OCH3 is 1. The number of hydrogen-bond donors (Lipinski definition) is 1. The number of hydrogen-bond acceptors (Lipinski definition) is 4. The Morgan fingerprint density at radius 2 is 2.10 bits per heavy atom. The molecule has 1 atom stereocenters. The van der Waals surface area contributed by atoms with Crippen LogP contribution < -0.4 is 5.32 Å². The zero-order valence-electron chi connectivity index (χ0n) is 11.7. The van der Waals surface area contributed by atoms with Gasteiger partial charge in [-0.3, -0.25) is 4.79 Å². The van der Waals surface area contributed by atoms with Gasteiger partial charge in [0, 0.05) is 23.4 Å². The summed E-state index contributed by atoms with van der Waals surface area (Å²) in [4.78, 5) is 11.9. The first-order chi connectivity index (χ1) is 9.79. The van der Waals surface area contributed by atoms with Crippen LogP contribution in [0, 0.1) is 0 Å². The van der Waals surface area contributed by atoms with Crippen molar-refractivity contribution in [3.63, 3.8) is 0 Å². The topological polar surface area (TPSA) is 72.5 Å². The smallest absolute Gasteiger partial charge is 0.262 e. The molecular weight excluding hydrogens is 337 g/mol. The van der Waals surface area contributed by atoms with E-state index in [1.165, 1.54) is 12.1 Å². The third kappa shape index (κ3) is 5.47. The molecule has 1 rings (SSSR count). The van der Waals surface area contributed by atoms with Crippen LogP contribution >= 0.6 is 22.3 Å². The van der Waals surface area contributed by atoms with Gasteiger partial charge in [0.1, 0.15) is 4.90 Å². The Hall–Kier alpha value is -0.820. The van der Waals surface area contributed by atoms with E-state index < -0.39 is 15.0 Å². The molecule has 1 N–H and O–H groups in total. The van der Waals surface area contributed by atoms with E-state index in [1.54, 1.807) is 7.11 Å². The minimum atomic E-state index is -4.00. The van der Waals surface area contributed by atoms with E-state index >= 15 is 0 Å². The van der Waals surface area contributed by atoms with Crippen molar-refractivity contribution >= 4 is 37.2 Å². The average molecular weight is 354 g/mol. The first-order valence-corrected chi connectivity index (χ1v) is 9.02. The maximum Gasteiger partial charge on any atom is 0.262 e. The van der Waals surface area contributed by atoms with Crippen molar-refractivity contribution < 1.29 is 17.9 Å². The maximum absolute atomic E-state index is 12.1. The van der Waals surface area contributed by atoms with Crippen molar-refractivity contribution in [3.8, 4) is 0 Å². The van der Waals surface area contributed by atoms with Crippen LogP contribution in [0.2, 0.25) is 5.02 Å². The van der Waals surface area contributed by atoms with Gasteiger partial charge in [0.15, 0.2) is 0 Å². The lowest BCUT2D eigenvalue weighted by molar-refractivity contribution is 0.0891. The van der Waals surface area contributed by atoms with E-state index in [0.29, 0.717) is 6.61 Å². The van der Waals surface area contributed by atoms with Gasteiger partial charge in [-0.05, 0) is 24.6 Å². The summed E-state index contributed by atoms with van der Waals surface area (Å²) in [6, 6.07) is 3.80. The number of benzene rings is 1. The van der Waals surface area contributed by atoms with E-state index in [1.807, 2.05) is 6.92 Å². The second kappa shape index (κ2) is 7.98. The van der Waals surface area contributed by atoms with Crippen molar-refractivity contribution in [1.82, 2.24) is 5.32 Å². The number of carbonyl (C=O) groups excluding carboxylic acids is 1. The van der Waals surface area contributed by atoms with E-state index in [2.05, 4.69) is 5.32 Å². The fourth-order valence-electron chi connectivity index (χ4n) is 1.85. The Balaban J connectivity index is 2.97. The molecule has 5 nitrogen and oxygen atoms in total. The third-order valence-electron chi connectivity index (χ3n) is 2.80. The highest BCUT2D eigenvalue weighted by molar-refractivity contribution is 8.13. The number of ether oxygens (including phenoxy) is 1. The Morgan fingerprint density at radius 3 is 2.62 bits per heavy atom. The molecule has 1 unspecified atom stereocenters. The molecule has 1 aromatic carbocycles. The molecule has 21 heavy (non-hydrogen) atoms. The first-order valence-electron chi connectivity index (χ1n) is 6.33. The van der Waals surface area contributed by atoms with Gasteiger partial charge in [-0.1, -0.05) is 24.9 Å². The van der Waals surface area contributed by atoms with Crippen LogP contribution in [0.5, 0.6) is 0 Å². The van der Waals surface area contributed by atoms with Gasteiger partial charge in [-0.25, -0.2) is 8.42 Å². The normalized spacial score (nSPS) is 13.0. The second-order valence-electron chi connectivity index (χ2n) is 4.50. The molecule has 0 radical (unpaired) electrons. The molecule has 0 saturated carbocycles. The molecule has 118 valence electrons. The number of halogens is 2. The van der Waals surface area contributed by atoms with Crippen molar-refractivity contribution in [2.45, 2.75) is 30.7 Å². The third-order valence-corrected chi connectivity index (χ3v) is 4.60. The molecule has 0 aliphatic heterocycles. The van der Waals surface area contributed by atoms with Crippen LogP contribution in [0.1, 0.15) is 30.1 Å². The fourth-order valence-corrected chi connectivity index (χ4v) is 3.34. The summed E-state index contributed by atoms with van der Waals surface area (Å²) in [6.07, 6.45) is 1.64. The summed E-state index contributed by atoms with van der Waals surface area (Å²) in [7, 11) is 2.83. The summed E-state index contributed by atoms with van der Waals surface area (Å²) in [5, 5.41) is 2.76. The predicted octanol–water partition coefficient (Wildman–Crippen LogP) is 2.81. The molecule has 0 aromatic heterocycles. The van der Waals surface area contributed by atoms with Crippen molar-refractivity contribution in [2.24, 2.45) is 0 Å². The van der Waals surface area contributed by atoms with Crippen molar-refractivity contribution in [1.29, 1.82) is 0 Å². The van der Waals surface area contributed by atoms with Crippen LogP contribution in [0.25, 0.3) is 0 Å². The molecule has 0 heterocycles. The Bertz CT molecular complexity index is 598. The van der Waals surface area contributed by atoms with Crippen LogP contribution in [0.3, 0.4) is 0 Å². The molecular formula is C13H17Cl2NO4S. The molecule has 0 fully saturated rings. The molecule has 0 saturated heterocycles.